The molecule has 1 aromatic heterocycles. The third-order valence-corrected chi connectivity index (χ3v) is 2.75. The lowest BCUT2D eigenvalue weighted by atomic mass is 10.6. The summed E-state index contributed by atoms with van der Waals surface area (Å²) in [5.74, 6) is 7.00. The second kappa shape index (κ2) is 2.05. The Labute approximate surface area is 66.7 Å². The van der Waals surface area contributed by atoms with Crippen LogP contribution in [0.1, 0.15) is 0 Å². The van der Waals surface area contributed by atoms with Crippen molar-refractivity contribution < 1.29 is 0 Å². The number of fused-ring (bicyclic) bond motifs is 1. The molecule has 0 atom stereocenters. The summed E-state index contributed by atoms with van der Waals surface area (Å²) in [7, 11) is 0. The van der Waals surface area contributed by atoms with Crippen molar-refractivity contribution in [3.63, 3.8) is 0 Å². The van der Waals surface area contributed by atoms with Gasteiger partial charge in [-0.05, 0) is 0 Å². The summed E-state index contributed by atoms with van der Waals surface area (Å²) in [5.41, 5.74) is 0. The Morgan fingerprint density at radius 2 is 2.60 bits per heavy atom. The number of hydrogen-bond acceptors (Lipinski definition) is 4. The average Bonchev–Trinajstić information content (AvgIpc) is 2.41. The van der Waals surface area contributed by atoms with Gasteiger partial charge in [-0.1, -0.05) is 23.4 Å². The summed E-state index contributed by atoms with van der Waals surface area (Å²) < 4.78 is 0. The third-order valence-electron chi connectivity index (χ3n) is 1.28. The molecule has 4 nitrogen and oxygen atoms in total. The SMILES string of the molecule is NN1CSc2c1n[nH]c2Cl. The van der Waals surface area contributed by atoms with E-state index >= 15 is 0 Å². The number of rotatable bonds is 0. The molecule has 2 heterocycles. The van der Waals surface area contributed by atoms with E-state index in [0.29, 0.717) is 5.15 Å². The van der Waals surface area contributed by atoms with Crippen molar-refractivity contribution in [1.29, 1.82) is 0 Å². The zero-order valence-corrected chi connectivity index (χ0v) is 6.54. The molecule has 0 saturated carbocycles. The Morgan fingerprint density at radius 1 is 1.80 bits per heavy atom. The van der Waals surface area contributed by atoms with Gasteiger partial charge < -0.3 is 0 Å². The summed E-state index contributed by atoms with van der Waals surface area (Å²) in [4.78, 5) is 0.948. The van der Waals surface area contributed by atoms with Crippen LogP contribution < -0.4 is 10.9 Å². The van der Waals surface area contributed by atoms with Crippen molar-refractivity contribution in [3.05, 3.63) is 5.15 Å². The minimum absolute atomic E-state index is 0.577. The Balaban J connectivity index is 2.53. The van der Waals surface area contributed by atoms with Gasteiger partial charge in [0.25, 0.3) is 0 Å². The van der Waals surface area contributed by atoms with Crippen molar-refractivity contribution in [3.8, 4) is 0 Å². The fourth-order valence-corrected chi connectivity index (χ4v) is 1.96. The smallest absolute Gasteiger partial charge is 0.180 e. The number of nitrogens with one attached hydrogen (secondary N) is 1. The van der Waals surface area contributed by atoms with Gasteiger partial charge >= 0.3 is 0 Å². The van der Waals surface area contributed by atoms with E-state index in [4.69, 9.17) is 17.4 Å². The van der Waals surface area contributed by atoms with Crippen LogP contribution in [0.25, 0.3) is 0 Å². The lowest BCUT2D eigenvalue weighted by Crippen LogP contribution is -2.27. The molecular formula is C4H5ClN4S. The molecule has 0 saturated heterocycles. The first kappa shape index (κ1) is 6.33. The van der Waals surface area contributed by atoms with Gasteiger partial charge in [-0.25, -0.2) is 5.84 Å². The molecule has 0 bridgehead atoms. The molecule has 3 N–H and O–H groups in total. The van der Waals surface area contributed by atoms with E-state index in [1.807, 2.05) is 0 Å². The van der Waals surface area contributed by atoms with E-state index in [2.05, 4.69) is 10.2 Å². The number of hydrazine groups is 1. The fraction of sp³-hybridized carbons (Fsp3) is 0.250. The van der Waals surface area contributed by atoms with Crippen LogP contribution in [0.3, 0.4) is 0 Å². The summed E-state index contributed by atoms with van der Waals surface area (Å²) >= 11 is 7.31. The second-order valence-corrected chi connectivity index (χ2v) is 3.27. The molecule has 0 aromatic carbocycles. The van der Waals surface area contributed by atoms with Crippen LogP contribution >= 0.6 is 23.4 Å². The molecule has 1 aromatic rings. The van der Waals surface area contributed by atoms with E-state index in [9.17, 15) is 0 Å². The number of H-pyrrole nitrogens is 1. The van der Waals surface area contributed by atoms with Crippen LogP contribution in [-0.4, -0.2) is 16.1 Å². The van der Waals surface area contributed by atoms with Gasteiger partial charge in [0.2, 0.25) is 0 Å². The zero-order chi connectivity index (χ0) is 7.14. The van der Waals surface area contributed by atoms with Crippen molar-refractivity contribution in [2.75, 3.05) is 10.9 Å². The molecular weight excluding hydrogens is 172 g/mol. The molecule has 2 rings (SSSR count). The first-order chi connectivity index (χ1) is 4.79. The Hall–Kier alpha value is -0.390. The van der Waals surface area contributed by atoms with E-state index in [0.717, 1.165) is 16.6 Å². The maximum Gasteiger partial charge on any atom is 0.180 e. The highest BCUT2D eigenvalue weighted by Gasteiger charge is 2.22. The van der Waals surface area contributed by atoms with E-state index in [-0.39, 0.29) is 0 Å². The van der Waals surface area contributed by atoms with Gasteiger partial charge in [0.05, 0.1) is 10.8 Å². The lowest BCUT2D eigenvalue weighted by Gasteiger charge is -2.04. The Kier molecular flexibility index (Phi) is 1.29. The molecule has 0 radical (unpaired) electrons. The van der Waals surface area contributed by atoms with Gasteiger partial charge in [-0.15, -0.1) is 0 Å². The van der Waals surface area contributed by atoms with Crippen molar-refractivity contribution >= 4 is 29.2 Å². The molecule has 54 valence electrons. The van der Waals surface area contributed by atoms with E-state index < -0.39 is 0 Å². The molecule has 0 spiro atoms. The second-order valence-electron chi connectivity index (χ2n) is 1.93. The highest BCUT2D eigenvalue weighted by Crippen LogP contribution is 2.39. The van der Waals surface area contributed by atoms with Crippen molar-refractivity contribution in [2.45, 2.75) is 4.90 Å². The quantitative estimate of drug-likeness (QED) is 0.575. The van der Waals surface area contributed by atoms with Crippen LogP contribution in [0.2, 0.25) is 5.15 Å². The molecule has 6 heteroatoms. The van der Waals surface area contributed by atoms with Gasteiger partial charge in [-0.2, -0.15) is 5.10 Å². The summed E-state index contributed by atoms with van der Waals surface area (Å²) in [6, 6.07) is 0. The molecule has 1 aliphatic rings. The number of aromatic nitrogens is 2. The summed E-state index contributed by atoms with van der Waals surface area (Å²) in [6.07, 6.45) is 0. The highest BCUT2D eigenvalue weighted by atomic mass is 35.5. The Bertz CT molecular complexity index is 260. The standard InChI is InChI=1S/C4H5ClN4S/c5-3-2-4(8-7-3)9(6)1-10-2/h1,6H2,(H,7,8). The highest BCUT2D eigenvalue weighted by molar-refractivity contribution is 8.00. The molecule has 10 heavy (non-hydrogen) atoms. The normalized spacial score (nSPS) is 16.0. The van der Waals surface area contributed by atoms with Gasteiger partial charge in [0, 0.05) is 0 Å². The molecule has 0 amide bonds. The first-order valence-corrected chi connectivity index (χ1v) is 4.04. The van der Waals surface area contributed by atoms with Crippen LogP contribution in [-0.2, 0) is 0 Å². The lowest BCUT2D eigenvalue weighted by molar-refractivity contribution is 0.939. The Morgan fingerprint density at radius 3 is 3.30 bits per heavy atom. The van der Waals surface area contributed by atoms with Crippen molar-refractivity contribution in [1.82, 2.24) is 10.2 Å². The minimum Gasteiger partial charge on any atom is -0.282 e. The number of anilines is 1. The number of hydrogen-bond donors (Lipinski definition) is 2. The largest absolute Gasteiger partial charge is 0.282 e. The predicted octanol–water partition coefficient (Wildman–Crippen LogP) is 0.806. The number of thioether (sulfide) groups is 1. The van der Waals surface area contributed by atoms with E-state index in [1.54, 1.807) is 16.8 Å². The number of aromatic amines is 1. The molecule has 0 unspecified atom stereocenters. The summed E-state index contributed by atoms with van der Waals surface area (Å²) in [5, 5.41) is 8.68. The van der Waals surface area contributed by atoms with Crippen LogP contribution in [0.4, 0.5) is 5.82 Å². The monoisotopic (exact) mass is 176 g/mol. The number of halogens is 1. The summed E-state index contributed by atoms with van der Waals surface area (Å²) in [6.45, 7) is 0. The zero-order valence-electron chi connectivity index (χ0n) is 4.97. The number of nitrogens with zero attached hydrogens (tertiary/aromatic N) is 2. The van der Waals surface area contributed by atoms with Gasteiger partial charge in [0.1, 0.15) is 5.15 Å². The molecule has 0 fully saturated rings. The van der Waals surface area contributed by atoms with Crippen LogP contribution in [0, 0.1) is 0 Å². The average molecular weight is 177 g/mol. The van der Waals surface area contributed by atoms with E-state index in [1.165, 1.54) is 0 Å². The first-order valence-electron chi connectivity index (χ1n) is 2.68. The van der Waals surface area contributed by atoms with Gasteiger partial charge in [0.15, 0.2) is 5.82 Å². The minimum atomic E-state index is 0.577. The maximum absolute atomic E-state index is 5.73. The maximum atomic E-state index is 5.73. The van der Waals surface area contributed by atoms with Crippen LogP contribution in [0.5, 0.6) is 0 Å². The molecule has 1 aliphatic heterocycles. The topological polar surface area (TPSA) is 57.9 Å². The van der Waals surface area contributed by atoms with Gasteiger partial charge in [-0.3, -0.25) is 10.1 Å². The predicted molar refractivity (Wildman–Crippen MR) is 41.0 cm³/mol. The third kappa shape index (κ3) is 0.712. The van der Waals surface area contributed by atoms with Crippen LogP contribution in [0.15, 0.2) is 4.90 Å². The fourth-order valence-electron chi connectivity index (χ4n) is 0.820. The van der Waals surface area contributed by atoms with Crippen molar-refractivity contribution in [2.24, 2.45) is 5.84 Å². The number of nitrogens with two attached hydrogens (primary N) is 1. The molecule has 0 aliphatic carbocycles.